The highest BCUT2D eigenvalue weighted by atomic mass is 79.9. The zero-order chi connectivity index (χ0) is 19.8. The van der Waals surface area contributed by atoms with Crippen LogP contribution in [0.2, 0.25) is 0 Å². The lowest BCUT2D eigenvalue weighted by Gasteiger charge is -2.20. The summed E-state index contributed by atoms with van der Waals surface area (Å²) in [6.45, 7) is 2.29. The maximum Gasteiger partial charge on any atom is 0.260 e. The van der Waals surface area contributed by atoms with Gasteiger partial charge in [-0.2, -0.15) is 0 Å². The Morgan fingerprint density at radius 1 is 1.07 bits per heavy atom. The van der Waals surface area contributed by atoms with Gasteiger partial charge < -0.3 is 19.1 Å². The van der Waals surface area contributed by atoms with Crippen LogP contribution in [0.4, 0.5) is 0 Å². The quantitative estimate of drug-likeness (QED) is 0.612. The van der Waals surface area contributed by atoms with E-state index in [0.29, 0.717) is 18.0 Å². The van der Waals surface area contributed by atoms with Crippen LogP contribution in [0, 0.1) is 0 Å². The van der Waals surface area contributed by atoms with Crippen molar-refractivity contribution in [3.8, 4) is 17.2 Å². The number of ether oxygens (including phenoxy) is 3. The van der Waals surface area contributed by atoms with E-state index in [4.69, 9.17) is 14.2 Å². The molecular weight excluding hydrogens is 410 g/mol. The van der Waals surface area contributed by atoms with E-state index in [0.717, 1.165) is 21.3 Å². The van der Waals surface area contributed by atoms with Gasteiger partial charge in [-0.05, 0) is 42.8 Å². The molecule has 0 atom stereocenters. The molecule has 2 aromatic carbocycles. The molecule has 0 spiro atoms. The van der Waals surface area contributed by atoms with Gasteiger partial charge in [0.25, 0.3) is 5.91 Å². The summed E-state index contributed by atoms with van der Waals surface area (Å²) in [5.41, 5.74) is 1.92. The highest BCUT2D eigenvalue weighted by molar-refractivity contribution is 9.10. The minimum absolute atomic E-state index is 0.0772. The van der Waals surface area contributed by atoms with Crippen molar-refractivity contribution in [2.75, 3.05) is 27.9 Å². The van der Waals surface area contributed by atoms with Gasteiger partial charge in [-0.3, -0.25) is 4.79 Å². The Balaban J connectivity index is 2.02. The summed E-state index contributed by atoms with van der Waals surface area (Å²) < 4.78 is 17.3. The summed E-state index contributed by atoms with van der Waals surface area (Å²) in [5, 5.41) is 0. The van der Waals surface area contributed by atoms with Crippen molar-refractivity contribution in [2.24, 2.45) is 0 Å². The number of carbonyl (C=O) groups excluding carboxylic acids is 1. The molecular formula is C21H24BrNO4. The lowest BCUT2D eigenvalue weighted by molar-refractivity contribution is -0.132. The van der Waals surface area contributed by atoms with Gasteiger partial charge in [0.1, 0.15) is 5.75 Å². The number of halogens is 1. The van der Waals surface area contributed by atoms with Crippen molar-refractivity contribution in [1.82, 2.24) is 4.90 Å². The lowest BCUT2D eigenvalue weighted by Crippen LogP contribution is -2.31. The molecule has 0 saturated heterocycles. The van der Waals surface area contributed by atoms with Gasteiger partial charge >= 0.3 is 0 Å². The molecule has 144 valence electrons. The van der Waals surface area contributed by atoms with Crippen molar-refractivity contribution in [3.05, 3.63) is 58.1 Å². The van der Waals surface area contributed by atoms with E-state index in [-0.39, 0.29) is 12.5 Å². The number of carbonyl (C=O) groups is 1. The first-order chi connectivity index (χ1) is 13.0. The second kappa shape index (κ2) is 10.0. The topological polar surface area (TPSA) is 48.0 Å². The molecule has 0 aliphatic carbocycles. The van der Waals surface area contributed by atoms with Crippen LogP contribution in [0.25, 0.3) is 6.08 Å². The molecule has 0 heterocycles. The molecule has 6 heteroatoms. The number of benzene rings is 2. The molecule has 0 saturated carbocycles. The Morgan fingerprint density at radius 2 is 1.78 bits per heavy atom. The third-order valence-corrected chi connectivity index (χ3v) is 4.47. The average Bonchev–Trinajstić information content (AvgIpc) is 2.67. The van der Waals surface area contributed by atoms with Gasteiger partial charge in [-0.25, -0.2) is 0 Å². The van der Waals surface area contributed by atoms with Crippen LogP contribution in [0.15, 0.2) is 46.9 Å². The summed E-state index contributed by atoms with van der Waals surface area (Å²) in [4.78, 5) is 14.1. The standard InChI is InChI=1S/C21H24BrNO4/c1-5-6-15-7-9-19(20(11-15)26-4)27-14-21(24)23(2)13-16-12-17(22)8-10-18(16)25-3/h5-12H,13-14H2,1-4H3/b6-5+. The maximum atomic E-state index is 12.5. The van der Waals surface area contributed by atoms with Gasteiger partial charge in [-0.15, -0.1) is 0 Å². The number of rotatable bonds is 8. The van der Waals surface area contributed by atoms with Gasteiger partial charge in [0, 0.05) is 23.6 Å². The Hall–Kier alpha value is -2.47. The predicted octanol–water partition coefficient (Wildman–Crippen LogP) is 4.54. The summed E-state index contributed by atoms with van der Waals surface area (Å²) in [7, 11) is 4.93. The van der Waals surface area contributed by atoms with Gasteiger partial charge in [0.05, 0.1) is 14.2 Å². The summed E-state index contributed by atoms with van der Waals surface area (Å²) in [6.07, 6.45) is 3.92. The first-order valence-electron chi connectivity index (χ1n) is 8.48. The smallest absolute Gasteiger partial charge is 0.260 e. The van der Waals surface area contributed by atoms with E-state index in [1.165, 1.54) is 0 Å². The molecule has 2 aromatic rings. The van der Waals surface area contributed by atoms with Crippen molar-refractivity contribution in [1.29, 1.82) is 0 Å². The zero-order valence-electron chi connectivity index (χ0n) is 16.0. The van der Waals surface area contributed by atoms with Crippen molar-refractivity contribution >= 4 is 27.9 Å². The second-order valence-electron chi connectivity index (χ2n) is 5.90. The monoisotopic (exact) mass is 433 g/mol. The minimum atomic E-state index is -0.142. The van der Waals surface area contributed by atoms with Crippen LogP contribution in [-0.2, 0) is 11.3 Å². The Labute approximate surface area is 168 Å². The zero-order valence-corrected chi connectivity index (χ0v) is 17.6. The summed E-state index contributed by atoms with van der Waals surface area (Å²) >= 11 is 3.44. The third kappa shape index (κ3) is 5.76. The fourth-order valence-corrected chi connectivity index (χ4v) is 2.97. The number of hydrogen-bond acceptors (Lipinski definition) is 4. The average molecular weight is 434 g/mol. The molecule has 0 aromatic heterocycles. The van der Waals surface area contributed by atoms with E-state index in [1.807, 2.05) is 49.4 Å². The summed E-state index contributed by atoms with van der Waals surface area (Å²) in [6, 6.07) is 11.3. The molecule has 5 nitrogen and oxygen atoms in total. The van der Waals surface area contributed by atoms with E-state index in [2.05, 4.69) is 15.9 Å². The molecule has 0 aliphatic rings. The molecule has 0 bridgehead atoms. The highest BCUT2D eigenvalue weighted by Crippen LogP contribution is 2.29. The number of amides is 1. The molecule has 0 aliphatic heterocycles. The molecule has 0 unspecified atom stereocenters. The number of nitrogens with zero attached hydrogens (tertiary/aromatic N) is 1. The molecule has 1 amide bonds. The maximum absolute atomic E-state index is 12.5. The largest absolute Gasteiger partial charge is 0.496 e. The first-order valence-corrected chi connectivity index (χ1v) is 9.27. The Kier molecular flexibility index (Phi) is 7.73. The molecule has 27 heavy (non-hydrogen) atoms. The molecule has 0 N–H and O–H groups in total. The Bertz CT molecular complexity index is 820. The van der Waals surface area contributed by atoms with Crippen LogP contribution in [0.1, 0.15) is 18.1 Å². The SMILES string of the molecule is C/C=C/c1ccc(OCC(=O)N(C)Cc2cc(Br)ccc2OC)c(OC)c1. The van der Waals surface area contributed by atoms with Gasteiger partial charge in [0.15, 0.2) is 18.1 Å². The van der Waals surface area contributed by atoms with E-state index in [9.17, 15) is 4.79 Å². The number of methoxy groups -OCH3 is 2. The van der Waals surface area contributed by atoms with Crippen molar-refractivity contribution in [3.63, 3.8) is 0 Å². The highest BCUT2D eigenvalue weighted by Gasteiger charge is 2.14. The number of likely N-dealkylation sites (N-methyl/N-ethyl adjacent to an activating group) is 1. The van der Waals surface area contributed by atoms with Crippen LogP contribution in [0.5, 0.6) is 17.2 Å². The lowest BCUT2D eigenvalue weighted by atomic mass is 10.2. The molecule has 0 radical (unpaired) electrons. The number of allylic oxidation sites excluding steroid dienone is 1. The normalized spacial score (nSPS) is 10.7. The molecule has 0 fully saturated rings. The van der Waals surface area contributed by atoms with Crippen molar-refractivity contribution in [2.45, 2.75) is 13.5 Å². The van der Waals surface area contributed by atoms with Crippen LogP contribution in [-0.4, -0.2) is 38.7 Å². The predicted molar refractivity (Wildman–Crippen MR) is 110 cm³/mol. The second-order valence-corrected chi connectivity index (χ2v) is 6.82. The van der Waals surface area contributed by atoms with E-state index >= 15 is 0 Å². The van der Waals surface area contributed by atoms with E-state index in [1.54, 1.807) is 32.2 Å². The van der Waals surface area contributed by atoms with Crippen molar-refractivity contribution < 1.29 is 19.0 Å². The fraction of sp³-hybridized carbons (Fsp3) is 0.286. The van der Waals surface area contributed by atoms with Gasteiger partial charge in [0.2, 0.25) is 0 Å². The van der Waals surface area contributed by atoms with Crippen LogP contribution >= 0.6 is 15.9 Å². The van der Waals surface area contributed by atoms with Gasteiger partial charge in [-0.1, -0.05) is 34.1 Å². The minimum Gasteiger partial charge on any atom is -0.496 e. The van der Waals surface area contributed by atoms with E-state index < -0.39 is 0 Å². The van der Waals surface area contributed by atoms with Crippen LogP contribution < -0.4 is 14.2 Å². The molecule has 2 rings (SSSR count). The summed E-state index contributed by atoms with van der Waals surface area (Å²) in [5.74, 6) is 1.72. The third-order valence-electron chi connectivity index (χ3n) is 3.97. The fourth-order valence-electron chi connectivity index (χ4n) is 2.56. The van der Waals surface area contributed by atoms with Crippen LogP contribution in [0.3, 0.4) is 0 Å². The Morgan fingerprint density at radius 3 is 2.44 bits per heavy atom. The first kappa shape index (κ1) is 20.8. The number of hydrogen-bond donors (Lipinski definition) is 0.